The standard InChI is InChI=1S/C29H29N3O5/c1-30-29(35)26(19-7-3-2-4-8-19)32-27(33)24-16-15-23(36-24)18-11-13-21(14-12-18)31-28(34)25-17-20-9-5-6-10-22(20)37-25/h5-6,9-17,19,26H,2-4,7-8H2,1H3,(H,30,35)(H,31,34)(H,32,33). The van der Waals surface area contributed by atoms with Gasteiger partial charge in [-0.25, -0.2) is 0 Å². The van der Waals surface area contributed by atoms with Gasteiger partial charge in [0.25, 0.3) is 11.8 Å². The maximum Gasteiger partial charge on any atom is 0.291 e. The molecule has 8 heteroatoms. The van der Waals surface area contributed by atoms with Gasteiger partial charge in [-0.2, -0.15) is 0 Å². The minimum atomic E-state index is -0.582. The molecule has 0 bridgehead atoms. The molecule has 5 rings (SSSR count). The van der Waals surface area contributed by atoms with E-state index in [4.69, 9.17) is 8.83 Å². The number of benzene rings is 2. The van der Waals surface area contributed by atoms with Crippen LogP contribution in [0.3, 0.4) is 0 Å². The molecule has 0 saturated heterocycles. The van der Waals surface area contributed by atoms with Crippen LogP contribution >= 0.6 is 0 Å². The van der Waals surface area contributed by atoms with Crippen LogP contribution < -0.4 is 16.0 Å². The molecule has 1 aliphatic carbocycles. The number of rotatable bonds is 7. The highest BCUT2D eigenvalue weighted by atomic mass is 16.4. The van der Waals surface area contributed by atoms with Gasteiger partial charge in [-0.05, 0) is 67.3 Å². The summed E-state index contributed by atoms with van der Waals surface area (Å²) in [4.78, 5) is 37.9. The molecule has 1 saturated carbocycles. The Morgan fingerprint density at radius 1 is 0.838 bits per heavy atom. The first-order valence-corrected chi connectivity index (χ1v) is 12.5. The van der Waals surface area contributed by atoms with Crippen molar-refractivity contribution in [1.29, 1.82) is 0 Å². The normalized spacial score (nSPS) is 14.7. The second-order valence-electron chi connectivity index (χ2n) is 9.31. The van der Waals surface area contributed by atoms with E-state index < -0.39 is 11.9 Å². The van der Waals surface area contributed by atoms with Crippen molar-refractivity contribution in [3.8, 4) is 11.3 Å². The highest BCUT2D eigenvalue weighted by molar-refractivity contribution is 6.04. The van der Waals surface area contributed by atoms with Gasteiger partial charge >= 0.3 is 0 Å². The largest absolute Gasteiger partial charge is 0.451 e. The fraction of sp³-hybridized carbons (Fsp3) is 0.276. The van der Waals surface area contributed by atoms with Gasteiger partial charge in [0.05, 0.1) is 0 Å². The van der Waals surface area contributed by atoms with Gasteiger partial charge in [-0.1, -0.05) is 37.5 Å². The van der Waals surface area contributed by atoms with Crippen molar-refractivity contribution in [3.63, 3.8) is 0 Å². The second kappa shape index (κ2) is 10.7. The van der Waals surface area contributed by atoms with Crippen LogP contribution in [-0.2, 0) is 4.79 Å². The zero-order valence-electron chi connectivity index (χ0n) is 20.6. The zero-order valence-corrected chi connectivity index (χ0v) is 20.6. The molecule has 0 radical (unpaired) electrons. The van der Waals surface area contributed by atoms with E-state index in [1.54, 1.807) is 49.5 Å². The van der Waals surface area contributed by atoms with E-state index in [9.17, 15) is 14.4 Å². The molecule has 2 heterocycles. The molecule has 4 aromatic rings. The summed E-state index contributed by atoms with van der Waals surface area (Å²) in [5, 5.41) is 9.23. The molecule has 8 nitrogen and oxygen atoms in total. The maximum atomic E-state index is 12.9. The number of fused-ring (bicyclic) bond motifs is 1. The molecule has 1 fully saturated rings. The fourth-order valence-corrected chi connectivity index (χ4v) is 4.85. The summed E-state index contributed by atoms with van der Waals surface area (Å²) < 4.78 is 11.4. The average molecular weight is 500 g/mol. The molecular weight excluding hydrogens is 470 g/mol. The van der Waals surface area contributed by atoms with Crippen molar-refractivity contribution in [3.05, 3.63) is 78.3 Å². The van der Waals surface area contributed by atoms with Gasteiger partial charge < -0.3 is 24.8 Å². The third-order valence-electron chi connectivity index (χ3n) is 6.84. The summed E-state index contributed by atoms with van der Waals surface area (Å²) >= 11 is 0. The Labute approximate surface area is 214 Å². The molecule has 37 heavy (non-hydrogen) atoms. The summed E-state index contributed by atoms with van der Waals surface area (Å²) in [7, 11) is 1.58. The Kier molecular flexibility index (Phi) is 7.07. The van der Waals surface area contributed by atoms with Crippen LogP contribution in [0.4, 0.5) is 5.69 Å². The van der Waals surface area contributed by atoms with Crippen molar-refractivity contribution in [1.82, 2.24) is 10.6 Å². The number of furan rings is 2. The number of para-hydroxylation sites is 1. The molecule has 1 atom stereocenters. The monoisotopic (exact) mass is 499 g/mol. The first-order valence-electron chi connectivity index (χ1n) is 12.5. The van der Waals surface area contributed by atoms with Crippen LogP contribution in [0.25, 0.3) is 22.3 Å². The molecular formula is C29H29N3O5. The van der Waals surface area contributed by atoms with E-state index in [0.717, 1.165) is 43.1 Å². The number of carbonyl (C=O) groups is 3. The lowest BCUT2D eigenvalue weighted by Crippen LogP contribution is -2.50. The summed E-state index contributed by atoms with van der Waals surface area (Å²) in [6, 6.07) is 19.0. The van der Waals surface area contributed by atoms with Crippen molar-refractivity contribution in [2.24, 2.45) is 5.92 Å². The summed E-state index contributed by atoms with van der Waals surface area (Å²) in [6.07, 6.45) is 5.12. The Morgan fingerprint density at radius 3 is 2.32 bits per heavy atom. The molecule has 3 N–H and O–H groups in total. The van der Waals surface area contributed by atoms with Crippen LogP contribution in [0.2, 0.25) is 0 Å². The molecule has 190 valence electrons. The van der Waals surface area contributed by atoms with Crippen LogP contribution in [0.15, 0.2) is 75.6 Å². The highest BCUT2D eigenvalue weighted by Crippen LogP contribution is 2.28. The Hall–Kier alpha value is -4.33. The predicted molar refractivity (Wildman–Crippen MR) is 140 cm³/mol. The fourth-order valence-electron chi connectivity index (χ4n) is 4.85. The number of hydrogen-bond donors (Lipinski definition) is 3. The van der Waals surface area contributed by atoms with Crippen molar-refractivity contribution in [2.75, 3.05) is 12.4 Å². The summed E-state index contributed by atoms with van der Waals surface area (Å²) in [5.74, 6) is 0.0538. The van der Waals surface area contributed by atoms with E-state index in [1.807, 2.05) is 24.3 Å². The second-order valence-corrected chi connectivity index (χ2v) is 9.31. The predicted octanol–water partition coefficient (Wildman–Crippen LogP) is 5.37. The molecule has 0 spiro atoms. The van der Waals surface area contributed by atoms with Crippen molar-refractivity contribution in [2.45, 2.75) is 38.1 Å². The third kappa shape index (κ3) is 5.43. The number of nitrogens with one attached hydrogen (secondary N) is 3. The third-order valence-corrected chi connectivity index (χ3v) is 6.84. The van der Waals surface area contributed by atoms with Gasteiger partial charge in [0.15, 0.2) is 11.5 Å². The molecule has 3 amide bonds. The molecule has 0 aliphatic heterocycles. The Morgan fingerprint density at radius 2 is 1.59 bits per heavy atom. The number of carbonyl (C=O) groups excluding carboxylic acids is 3. The van der Waals surface area contributed by atoms with Gasteiger partial charge in [0.1, 0.15) is 17.4 Å². The highest BCUT2D eigenvalue weighted by Gasteiger charge is 2.31. The average Bonchev–Trinajstić information content (AvgIpc) is 3.60. The van der Waals surface area contributed by atoms with Crippen molar-refractivity contribution < 1.29 is 23.2 Å². The number of anilines is 1. The smallest absolute Gasteiger partial charge is 0.291 e. The molecule has 2 aromatic carbocycles. The zero-order chi connectivity index (χ0) is 25.8. The summed E-state index contributed by atoms with van der Waals surface area (Å²) in [6.45, 7) is 0. The van der Waals surface area contributed by atoms with Gasteiger partial charge in [-0.3, -0.25) is 14.4 Å². The molecule has 1 unspecified atom stereocenters. The van der Waals surface area contributed by atoms with Crippen molar-refractivity contribution >= 4 is 34.4 Å². The quantitative estimate of drug-likeness (QED) is 0.316. The van der Waals surface area contributed by atoms with Gasteiger partial charge in [0, 0.05) is 23.7 Å². The van der Waals surface area contributed by atoms with Gasteiger partial charge in [-0.15, -0.1) is 0 Å². The lowest BCUT2D eigenvalue weighted by atomic mass is 9.83. The SMILES string of the molecule is CNC(=O)C(NC(=O)c1ccc(-c2ccc(NC(=O)c3cc4ccccc4o3)cc2)o1)C1CCCCC1. The number of hydrogen-bond acceptors (Lipinski definition) is 5. The Balaban J connectivity index is 1.24. The minimum absolute atomic E-state index is 0.120. The first-order chi connectivity index (χ1) is 18.0. The maximum absolute atomic E-state index is 12.9. The van der Waals surface area contributed by atoms with E-state index >= 15 is 0 Å². The lowest BCUT2D eigenvalue weighted by molar-refractivity contribution is -0.124. The van der Waals surface area contributed by atoms with Crippen LogP contribution in [0, 0.1) is 5.92 Å². The van der Waals surface area contributed by atoms with E-state index in [-0.39, 0.29) is 29.3 Å². The minimum Gasteiger partial charge on any atom is -0.451 e. The first kappa shape index (κ1) is 24.4. The van der Waals surface area contributed by atoms with E-state index in [0.29, 0.717) is 17.0 Å². The van der Waals surface area contributed by atoms with E-state index in [1.165, 1.54) is 0 Å². The van der Waals surface area contributed by atoms with E-state index in [2.05, 4.69) is 16.0 Å². The Bertz CT molecular complexity index is 1380. The molecule has 1 aliphatic rings. The van der Waals surface area contributed by atoms with Crippen LogP contribution in [0.1, 0.15) is 53.2 Å². The summed E-state index contributed by atoms with van der Waals surface area (Å²) in [5.41, 5.74) is 2.00. The lowest BCUT2D eigenvalue weighted by Gasteiger charge is -2.29. The molecule has 2 aromatic heterocycles. The van der Waals surface area contributed by atoms with Crippen LogP contribution in [0.5, 0.6) is 0 Å². The number of likely N-dealkylation sites (N-methyl/N-ethyl adjacent to an activating group) is 1. The van der Waals surface area contributed by atoms with Gasteiger partial charge in [0.2, 0.25) is 5.91 Å². The van der Waals surface area contributed by atoms with Crippen LogP contribution in [-0.4, -0.2) is 30.8 Å². The topological polar surface area (TPSA) is 114 Å². The number of amides is 3.